The topological polar surface area (TPSA) is 38.8 Å². The zero-order valence-electron chi connectivity index (χ0n) is 10.7. The molecule has 0 amide bonds. The molecule has 1 heterocycles. The Morgan fingerprint density at radius 3 is 2.31 bits per heavy atom. The number of ether oxygens (including phenoxy) is 2. The molecule has 1 aliphatic heterocycles. The highest BCUT2D eigenvalue weighted by molar-refractivity contribution is 5.79. The quantitative estimate of drug-likeness (QED) is 0.509. The molecule has 1 spiro atoms. The van der Waals surface area contributed by atoms with Crippen molar-refractivity contribution in [2.75, 3.05) is 7.11 Å². The molecular weight excluding hydrogens is 204 g/mol. The highest BCUT2D eigenvalue weighted by Gasteiger charge is 2.62. The molecule has 0 N–H and O–H groups in total. The van der Waals surface area contributed by atoms with E-state index >= 15 is 0 Å². The van der Waals surface area contributed by atoms with Crippen molar-refractivity contribution in [2.45, 2.75) is 58.2 Å². The van der Waals surface area contributed by atoms with E-state index in [0.717, 1.165) is 31.6 Å². The Balaban J connectivity index is 1.90. The summed E-state index contributed by atoms with van der Waals surface area (Å²) < 4.78 is 10.3. The maximum atomic E-state index is 11.4. The van der Waals surface area contributed by atoms with Gasteiger partial charge in [0.25, 0.3) is 0 Å². The highest BCUT2D eigenvalue weighted by Crippen LogP contribution is 2.52. The second kappa shape index (κ2) is 3.73. The van der Waals surface area contributed by atoms with Gasteiger partial charge in [0.15, 0.2) is 6.10 Å². The standard InChI is InChI=1S/C13H22O3/c1-12(2,3)9-5-7-13(8-6-9)10(16-13)11(14)15-4/h9-10H,5-8H2,1-4H3/t9?,10-,13?/m1/s1. The number of rotatable bonds is 1. The summed E-state index contributed by atoms with van der Waals surface area (Å²) in [5, 5.41) is 0. The second-order valence-corrected chi connectivity index (χ2v) is 6.23. The van der Waals surface area contributed by atoms with Gasteiger partial charge in [-0.25, -0.2) is 4.79 Å². The normalized spacial score (nSPS) is 38.5. The number of hydrogen-bond acceptors (Lipinski definition) is 3. The third-order valence-electron chi connectivity index (χ3n) is 4.25. The average Bonchev–Trinajstić information content (AvgIpc) is 2.90. The predicted molar refractivity (Wildman–Crippen MR) is 61.0 cm³/mol. The fraction of sp³-hybridized carbons (Fsp3) is 0.923. The minimum Gasteiger partial charge on any atom is -0.467 e. The van der Waals surface area contributed by atoms with Crippen LogP contribution in [0.1, 0.15) is 46.5 Å². The maximum Gasteiger partial charge on any atom is 0.338 e. The van der Waals surface area contributed by atoms with Crippen LogP contribution in [0.25, 0.3) is 0 Å². The zero-order chi connectivity index (χ0) is 12.0. The predicted octanol–water partition coefficient (Wildman–Crippen LogP) is 2.53. The summed E-state index contributed by atoms with van der Waals surface area (Å²) in [4.78, 5) is 11.4. The molecule has 1 atom stereocenters. The van der Waals surface area contributed by atoms with Gasteiger partial charge in [-0.3, -0.25) is 0 Å². The molecule has 0 unspecified atom stereocenters. The van der Waals surface area contributed by atoms with Crippen molar-refractivity contribution in [1.82, 2.24) is 0 Å². The van der Waals surface area contributed by atoms with Gasteiger partial charge < -0.3 is 9.47 Å². The Bertz CT molecular complexity index is 282. The number of epoxide rings is 1. The van der Waals surface area contributed by atoms with E-state index in [1.807, 2.05) is 0 Å². The molecule has 0 bridgehead atoms. The lowest BCUT2D eigenvalue weighted by atomic mass is 9.69. The molecule has 2 fully saturated rings. The molecular formula is C13H22O3. The van der Waals surface area contributed by atoms with E-state index in [-0.39, 0.29) is 17.7 Å². The van der Waals surface area contributed by atoms with Crippen molar-refractivity contribution >= 4 is 5.97 Å². The molecule has 1 saturated carbocycles. The lowest BCUT2D eigenvalue weighted by Crippen LogP contribution is -2.32. The van der Waals surface area contributed by atoms with Crippen molar-refractivity contribution in [2.24, 2.45) is 11.3 Å². The molecule has 16 heavy (non-hydrogen) atoms. The first-order valence-corrected chi connectivity index (χ1v) is 6.15. The molecule has 3 heteroatoms. The highest BCUT2D eigenvalue weighted by atomic mass is 16.7. The molecule has 0 aromatic heterocycles. The molecule has 2 aliphatic rings. The monoisotopic (exact) mass is 226 g/mol. The van der Waals surface area contributed by atoms with Crippen LogP contribution in [-0.2, 0) is 14.3 Å². The first kappa shape index (κ1) is 11.9. The Kier molecular flexibility index (Phi) is 2.77. The van der Waals surface area contributed by atoms with Gasteiger partial charge in [-0.1, -0.05) is 20.8 Å². The first-order valence-electron chi connectivity index (χ1n) is 6.15. The third kappa shape index (κ3) is 1.97. The molecule has 2 rings (SSSR count). The van der Waals surface area contributed by atoms with Crippen LogP contribution in [0.2, 0.25) is 0 Å². The fourth-order valence-electron chi connectivity index (χ4n) is 2.92. The maximum absolute atomic E-state index is 11.4. The van der Waals surface area contributed by atoms with Crippen LogP contribution >= 0.6 is 0 Å². The molecule has 92 valence electrons. The molecule has 3 nitrogen and oxygen atoms in total. The Labute approximate surface area is 97.5 Å². The van der Waals surface area contributed by atoms with E-state index in [2.05, 4.69) is 20.8 Å². The van der Waals surface area contributed by atoms with Gasteiger partial charge in [0.1, 0.15) is 5.60 Å². The van der Waals surface area contributed by atoms with Crippen molar-refractivity contribution < 1.29 is 14.3 Å². The number of esters is 1. The lowest BCUT2D eigenvalue weighted by molar-refractivity contribution is -0.142. The van der Waals surface area contributed by atoms with E-state index in [4.69, 9.17) is 9.47 Å². The Morgan fingerprint density at radius 1 is 1.31 bits per heavy atom. The molecule has 1 saturated heterocycles. The van der Waals surface area contributed by atoms with Crippen LogP contribution in [-0.4, -0.2) is 24.8 Å². The van der Waals surface area contributed by atoms with Gasteiger partial charge in [-0.05, 0) is 37.0 Å². The number of hydrogen-bond donors (Lipinski definition) is 0. The van der Waals surface area contributed by atoms with Crippen LogP contribution < -0.4 is 0 Å². The van der Waals surface area contributed by atoms with Crippen molar-refractivity contribution in [3.05, 3.63) is 0 Å². The minimum atomic E-state index is -0.279. The largest absolute Gasteiger partial charge is 0.467 e. The number of methoxy groups -OCH3 is 1. The number of carbonyl (C=O) groups excluding carboxylic acids is 1. The fourth-order valence-corrected chi connectivity index (χ4v) is 2.92. The van der Waals surface area contributed by atoms with Gasteiger partial charge in [-0.2, -0.15) is 0 Å². The van der Waals surface area contributed by atoms with E-state index in [1.165, 1.54) is 7.11 Å². The minimum absolute atomic E-state index is 0.158. The van der Waals surface area contributed by atoms with Crippen LogP contribution in [0, 0.1) is 11.3 Å². The SMILES string of the molecule is COC(=O)[C@H]1OC12CCC(C(C)(C)C)CC2. The molecule has 0 aromatic rings. The summed E-state index contributed by atoms with van der Waals surface area (Å²) in [5.74, 6) is 0.551. The van der Waals surface area contributed by atoms with Crippen LogP contribution in [0.5, 0.6) is 0 Å². The Hall–Kier alpha value is -0.570. The van der Waals surface area contributed by atoms with Crippen LogP contribution in [0.3, 0.4) is 0 Å². The van der Waals surface area contributed by atoms with Crippen LogP contribution in [0.4, 0.5) is 0 Å². The smallest absolute Gasteiger partial charge is 0.338 e. The van der Waals surface area contributed by atoms with Crippen LogP contribution in [0.15, 0.2) is 0 Å². The lowest BCUT2D eigenvalue weighted by Gasteiger charge is -2.36. The van der Waals surface area contributed by atoms with Gasteiger partial charge in [0.2, 0.25) is 0 Å². The van der Waals surface area contributed by atoms with E-state index in [9.17, 15) is 4.79 Å². The summed E-state index contributed by atoms with van der Waals surface area (Å²) in [5.41, 5.74) is 0.214. The summed E-state index contributed by atoms with van der Waals surface area (Å²) in [6.45, 7) is 6.88. The van der Waals surface area contributed by atoms with E-state index in [1.54, 1.807) is 0 Å². The third-order valence-corrected chi connectivity index (χ3v) is 4.25. The number of carbonyl (C=O) groups is 1. The molecule has 1 aliphatic carbocycles. The molecule has 0 radical (unpaired) electrons. The van der Waals surface area contributed by atoms with Gasteiger partial charge in [0.05, 0.1) is 7.11 Å². The van der Waals surface area contributed by atoms with Gasteiger partial charge in [0, 0.05) is 0 Å². The first-order chi connectivity index (χ1) is 7.39. The second-order valence-electron chi connectivity index (χ2n) is 6.23. The van der Waals surface area contributed by atoms with Crippen molar-refractivity contribution in [3.63, 3.8) is 0 Å². The van der Waals surface area contributed by atoms with E-state index < -0.39 is 0 Å². The van der Waals surface area contributed by atoms with E-state index in [0.29, 0.717) is 5.41 Å². The average molecular weight is 226 g/mol. The van der Waals surface area contributed by atoms with Crippen molar-refractivity contribution in [3.8, 4) is 0 Å². The summed E-state index contributed by atoms with van der Waals surface area (Å²) >= 11 is 0. The zero-order valence-corrected chi connectivity index (χ0v) is 10.7. The summed E-state index contributed by atoms with van der Waals surface area (Å²) in [6, 6.07) is 0. The molecule has 0 aromatic carbocycles. The van der Waals surface area contributed by atoms with Crippen molar-refractivity contribution in [1.29, 1.82) is 0 Å². The van der Waals surface area contributed by atoms with Gasteiger partial charge in [-0.15, -0.1) is 0 Å². The Morgan fingerprint density at radius 2 is 1.88 bits per heavy atom. The summed E-state index contributed by atoms with van der Waals surface area (Å²) in [7, 11) is 1.43. The van der Waals surface area contributed by atoms with Gasteiger partial charge >= 0.3 is 5.97 Å². The summed E-state index contributed by atoms with van der Waals surface area (Å²) in [6.07, 6.45) is 4.07.